The first-order valence-corrected chi connectivity index (χ1v) is 6.95. The normalized spacial score (nSPS) is 10.3. The molecule has 2 amide bonds. The molecule has 0 heterocycles. The highest BCUT2D eigenvalue weighted by Crippen LogP contribution is 2.26. The second-order valence-corrected chi connectivity index (χ2v) is 4.42. The third-order valence-corrected chi connectivity index (χ3v) is 2.81. The van der Waals surface area contributed by atoms with Crippen LogP contribution in [-0.2, 0) is 9.59 Å². The van der Waals surface area contributed by atoms with Crippen molar-refractivity contribution in [1.29, 1.82) is 0 Å². The molecule has 0 fully saturated rings. The fourth-order valence-corrected chi connectivity index (χ4v) is 1.61. The number of ether oxygens (including phenoxy) is 2. The first-order valence-electron chi connectivity index (χ1n) is 6.95. The highest BCUT2D eigenvalue weighted by atomic mass is 16.5. The second-order valence-electron chi connectivity index (χ2n) is 4.42. The lowest BCUT2D eigenvalue weighted by Gasteiger charge is -2.07. The molecule has 0 saturated carbocycles. The molecule has 0 bridgehead atoms. The molecule has 0 atom stereocenters. The van der Waals surface area contributed by atoms with E-state index in [-0.39, 0.29) is 0 Å². The molecule has 1 rings (SSSR count). The topological polar surface area (TPSA) is 89.0 Å². The minimum absolute atomic E-state index is 0.474. The number of carbonyl (C=O) groups excluding carboxylic acids is 2. The Morgan fingerprint density at radius 2 is 1.91 bits per heavy atom. The van der Waals surface area contributed by atoms with E-state index in [1.165, 1.54) is 13.3 Å². The molecule has 7 heteroatoms. The molecule has 0 spiro atoms. The number of hydrogen-bond donors (Lipinski definition) is 2. The van der Waals surface area contributed by atoms with Gasteiger partial charge in [-0.1, -0.05) is 13.3 Å². The molecule has 0 aromatic heterocycles. The average Bonchev–Trinajstić information content (AvgIpc) is 2.54. The van der Waals surface area contributed by atoms with E-state index in [9.17, 15) is 9.59 Å². The first kappa shape index (κ1) is 17.5. The molecular weight excluding hydrogens is 286 g/mol. The van der Waals surface area contributed by atoms with Crippen molar-refractivity contribution >= 4 is 18.0 Å². The van der Waals surface area contributed by atoms with Crippen LogP contribution in [0.25, 0.3) is 0 Å². The molecule has 2 N–H and O–H groups in total. The third kappa shape index (κ3) is 5.43. The van der Waals surface area contributed by atoms with E-state index in [0.717, 1.165) is 12.8 Å². The number of nitrogens with one attached hydrogen (secondary N) is 2. The molecule has 22 heavy (non-hydrogen) atoms. The summed E-state index contributed by atoms with van der Waals surface area (Å²) in [5.41, 5.74) is 2.87. The fraction of sp³-hybridized carbons (Fsp3) is 0.400. The van der Waals surface area contributed by atoms with Crippen LogP contribution in [0.3, 0.4) is 0 Å². The lowest BCUT2D eigenvalue weighted by Crippen LogP contribution is -2.38. The summed E-state index contributed by atoms with van der Waals surface area (Å²) in [6.45, 7) is 2.47. The van der Waals surface area contributed by atoms with Crippen molar-refractivity contribution in [2.24, 2.45) is 5.10 Å². The van der Waals surface area contributed by atoms with Crippen LogP contribution >= 0.6 is 0 Å². The zero-order chi connectivity index (χ0) is 16.4. The van der Waals surface area contributed by atoms with Crippen LogP contribution in [0.1, 0.15) is 25.3 Å². The number of hydrogen-bond acceptors (Lipinski definition) is 5. The molecule has 0 unspecified atom stereocenters. The highest BCUT2D eigenvalue weighted by Gasteiger charge is 2.11. The number of hydrazone groups is 1. The van der Waals surface area contributed by atoms with E-state index < -0.39 is 11.8 Å². The van der Waals surface area contributed by atoms with Gasteiger partial charge in [-0.05, 0) is 30.2 Å². The van der Waals surface area contributed by atoms with Crippen LogP contribution in [0.2, 0.25) is 0 Å². The van der Waals surface area contributed by atoms with Gasteiger partial charge < -0.3 is 14.8 Å². The van der Waals surface area contributed by atoms with Crippen molar-refractivity contribution in [3.63, 3.8) is 0 Å². The Morgan fingerprint density at radius 1 is 1.18 bits per heavy atom. The summed E-state index contributed by atoms with van der Waals surface area (Å²) in [7, 11) is 3.07. The van der Waals surface area contributed by atoms with Crippen LogP contribution in [0, 0.1) is 0 Å². The molecule has 0 aliphatic heterocycles. The predicted octanol–water partition coefficient (Wildman–Crippen LogP) is 1.07. The summed E-state index contributed by atoms with van der Waals surface area (Å²) in [5.74, 6) is -0.347. The van der Waals surface area contributed by atoms with Gasteiger partial charge in [0.15, 0.2) is 11.5 Å². The summed E-state index contributed by atoms with van der Waals surface area (Å²) in [6.07, 6.45) is 3.19. The molecule has 1 aromatic carbocycles. The molecular formula is C15H21N3O4. The number of rotatable bonds is 7. The van der Waals surface area contributed by atoms with Crippen molar-refractivity contribution in [3.05, 3.63) is 23.8 Å². The molecule has 0 radical (unpaired) electrons. The Labute approximate surface area is 129 Å². The van der Waals surface area contributed by atoms with Crippen LogP contribution in [0.5, 0.6) is 11.5 Å². The van der Waals surface area contributed by atoms with Gasteiger partial charge >= 0.3 is 11.8 Å². The summed E-state index contributed by atoms with van der Waals surface area (Å²) in [4.78, 5) is 22.9. The van der Waals surface area contributed by atoms with Crippen molar-refractivity contribution < 1.29 is 19.1 Å². The van der Waals surface area contributed by atoms with Crippen LogP contribution in [0.4, 0.5) is 0 Å². The van der Waals surface area contributed by atoms with Gasteiger partial charge in [0, 0.05) is 6.54 Å². The summed E-state index contributed by atoms with van der Waals surface area (Å²) < 4.78 is 10.3. The summed E-state index contributed by atoms with van der Waals surface area (Å²) in [5, 5.41) is 6.24. The molecule has 120 valence electrons. The van der Waals surface area contributed by atoms with Gasteiger partial charge in [-0.25, -0.2) is 5.43 Å². The van der Waals surface area contributed by atoms with Crippen molar-refractivity contribution in [2.75, 3.05) is 20.8 Å². The standard InChI is InChI=1S/C15H21N3O4/c1-4-5-8-16-14(19)15(20)18-17-10-11-6-7-12(21-2)13(9-11)22-3/h6-7,9-10H,4-5,8H2,1-3H3,(H,16,19)(H,18,20)/b17-10-. The van der Waals surface area contributed by atoms with E-state index >= 15 is 0 Å². The van der Waals surface area contributed by atoms with E-state index in [4.69, 9.17) is 9.47 Å². The molecule has 0 aliphatic carbocycles. The third-order valence-electron chi connectivity index (χ3n) is 2.81. The van der Waals surface area contributed by atoms with Gasteiger partial charge in [-0.2, -0.15) is 5.10 Å². The monoisotopic (exact) mass is 307 g/mol. The Morgan fingerprint density at radius 3 is 2.55 bits per heavy atom. The number of carbonyl (C=O) groups is 2. The summed E-state index contributed by atoms with van der Waals surface area (Å²) >= 11 is 0. The number of methoxy groups -OCH3 is 2. The minimum Gasteiger partial charge on any atom is -0.493 e. The maximum atomic E-state index is 11.5. The van der Waals surface area contributed by atoms with Gasteiger partial charge in [0.25, 0.3) is 0 Å². The van der Waals surface area contributed by atoms with Crippen molar-refractivity contribution in [2.45, 2.75) is 19.8 Å². The second kappa shape index (κ2) is 9.38. The Balaban J connectivity index is 2.55. The number of unbranched alkanes of at least 4 members (excludes halogenated alkanes) is 1. The molecule has 0 saturated heterocycles. The smallest absolute Gasteiger partial charge is 0.329 e. The Bertz CT molecular complexity index is 544. The average molecular weight is 307 g/mol. The van der Waals surface area contributed by atoms with Crippen molar-refractivity contribution in [3.8, 4) is 11.5 Å². The van der Waals surface area contributed by atoms with E-state index in [1.807, 2.05) is 6.92 Å². The summed E-state index contributed by atoms with van der Waals surface area (Å²) in [6, 6.07) is 5.17. The largest absolute Gasteiger partial charge is 0.493 e. The number of nitrogens with zero attached hydrogens (tertiary/aromatic N) is 1. The van der Waals surface area contributed by atoms with E-state index in [1.54, 1.807) is 25.3 Å². The zero-order valence-corrected chi connectivity index (χ0v) is 13.0. The lowest BCUT2D eigenvalue weighted by atomic mass is 10.2. The highest BCUT2D eigenvalue weighted by molar-refractivity contribution is 6.35. The van der Waals surface area contributed by atoms with Gasteiger partial charge in [-0.15, -0.1) is 0 Å². The van der Waals surface area contributed by atoms with Crippen LogP contribution in [0.15, 0.2) is 23.3 Å². The SMILES string of the molecule is CCCCNC(=O)C(=O)N/N=C\c1ccc(OC)c(OC)c1. The predicted molar refractivity (Wildman–Crippen MR) is 83.2 cm³/mol. The molecule has 7 nitrogen and oxygen atoms in total. The van der Waals surface area contributed by atoms with Gasteiger partial charge in [0.2, 0.25) is 0 Å². The van der Waals surface area contributed by atoms with Gasteiger partial charge in [0.1, 0.15) is 0 Å². The Kier molecular flexibility index (Phi) is 7.45. The number of benzene rings is 1. The van der Waals surface area contributed by atoms with E-state index in [0.29, 0.717) is 23.6 Å². The first-order chi connectivity index (χ1) is 10.6. The maximum Gasteiger partial charge on any atom is 0.329 e. The number of amides is 2. The molecule has 1 aromatic rings. The van der Waals surface area contributed by atoms with Gasteiger partial charge in [-0.3, -0.25) is 9.59 Å². The van der Waals surface area contributed by atoms with Crippen LogP contribution < -0.4 is 20.2 Å². The minimum atomic E-state index is -0.798. The molecule has 0 aliphatic rings. The van der Waals surface area contributed by atoms with Crippen LogP contribution in [-0.4, -0.2) is 38.8 Å². The zero-order valence-electron chi connectivity index (χ0n) is 13.0. The lowest BCUT2D eigenvalue weighted by molar-refractivity contribution is -0.139. The Hall–Kier alpha value is -2.57. The maximum absolute atomic E-state index is 11.5. The van der Waals surface area contributed by atoms with Crippen molar-refractivity contribution in [1.82, 2.24) is 10.7 Å². The fourth-order valence-electron chi connectivity index (χ4n) is 1.61. The quantitative estimate of drug-likeness (QED) is 0.341. The van der Waals surface area contributed by atoms with E-state index in [2.05, 4.69) is 15.8 Å². The van der Waals surface area contributed by atoms with Gasteiger partial charge in [0.05, 0.1) is 20.4 Å².